The van der Waals surface area contributed by atoms with Gasteiger partial charge in [-0.25, -0.2) is 4.98 Å². The van der Waals surface area contributed by atoms with Crippen LogP contribution in [-0.2, 0) is 0 Å². The lowest BCUT2D eigenvalue weighted by molar-refractivity contribution is -0.135. The van der Waals surface area contributed by atoms with Gasteiger partial charge in [-0.2, -0.15) is 18.3 Å². The summed E-state index contributed by atoms with van der Waals surface area (Å²) in [5.41, 5.74) is 1.51. The molecule has 0 aliphatic heterocycles. The Bertz CT molecular complexity index is 365. The van der Waals surface area contributed by atoms with Gasteiger partial charge in [-0.1, -0.05) is 0 Å². The molecule has 1 rings (SSSR count). The molecule has 0 spiro atoms. The third-order valence-corrected chi connectivity index (χ3v) is 2.26. The summed E-state index contributed by atoms with van der Waals surface area (Å²) in [6.45, 7) is 4.02. The Kier molecular flexibility index (Phi) is 4.65. The highest BCUT2D eigenvalue weighted by molar-refractivity contribution is 5.24. The zero-order valence-corrected chi connectivity index (χ0v) is 9.80. The standard InChI is InChI=1S/C10H15F3N4/c1-7-8(2)16-17-9(15-7)14-6-4-3-5-10(11,12)13/h3-6H2,1-2H3,(H,14,15,17). The average molecular weight is 248 g/mol. The summed E-state index contributed by atoms with van der Waals surface area (Å²) < 4.78 is 35.5. The van der Waals surface area contributed by atoms with E-state index in [0.717, 1.165) is 11.4 Å². The lowest BCUT2D eigenvalue weighted by Crippen LogP contribution is -2.11. The van der Waals surface area contributed by atoms with Crippen molar-refractivity contribution in [1.29, 1.82) is 0 Å². The fraction of sp³-hybridized carbons (Fsp3) is 0.700. The summed E-state index contributed by atoms with van der Waals surface area (Å²) in [5, 5.41) is 10.5. The van der Waals surface area contributed by atoms with Gasteiger partial charge in [0.05, 0.1) is 11.4 Å². The van der Waals surface area contributed by atoms with E-state index in [2.05, 4.69) is 20.5 Å². The van der Waals surface area contributed by atoms with Crippen molar-refractivity contribution in [2.45, 2.75) is 39.3 Å². The summed E-state index contributed by atoms with van der Waals surface area (Å²) in [6, 6.07) is 0. The van der Waals surface area contributed by atoms with Crippen LogP contribution in [0.25, 0.3) is 0 Å². The number of halogens is 3. The Hall–Kier alpha value is -1.40. The molecule has 0 radical (unpaired) electrons. The molecule has 1 heterocycles. The average Bonchev–Trinajstić information content (AvgIpc) is 2.21. The van der Waals surface area contributed by atoms with Crippen molar-refractivity contribution in [3.05, 3.63) is 11.4 Å². The van der Waals surface area contributed by atoms with E-state index >= 15 is 0 Å². The molecule has 1 aromatic heterocycles. The highest BCUT2D eigenvalue weighted by atomic mass is 19.4. The molecule has 0 amide bonds. The monoisotopic (exact) mass is 248 g/mol. The van der Waals surface area contributed by atoms with Crippen LogP contribution < -0.4 is 5.32 Å². The first-order chi connectivity index (χ1) is 7.88. The van der Waals surface area contributed by atoms with Crippen molar-refractivity contribution in [2.24, 2.45) is 0 Å². The van der Waals surface area contributed by atoms with E-state index in [1.165, 1.54) is 0 Å². The van der Waals surface area contributed by atoms with Gasteiger partial charge in [0.15, 0.2) is 0 Å². The lowest BCUT2D eigenvalue weighted by Gasteiger charge is -2.07. The Labute approximate surface area is 97.7 Å². The fourth-order valence-corrected chi connectivity index (χ4v) is 1.18. The molecular formula is C10H15F3N4. The van der Waals surface area contributed by atoms with Crippen LogP contribution in [-0.4, -0.2) is 27.9 Å². The number of anilines is 1. The molecule has 0 aliphatic rings. The molecule has 0 saturated carbocycles. The molecule has 1 N–H and O–H groups in total. The van der Waals surface area contributed by atoms with E-state index in [-0.39, 0.29) is 6.42 Å². The quantitative estimate of drug-likeness (QED) is 0.814. The third kappa shape index (κ3) is 5.46. The molecule has 0 fully saturated rings. The number of rotatable bonds is 5. The van der Waals surface area contributed by atoms with Gasteiger partial charge in [0.2, 0.25) is 5.95 Å². The van der Waals surface area contributed by atoms with E-state index in [1.807, 2.05) is 0 Å². The summed E-state index contributed by atoms with van der Waals surface area (Å²) in [7, 11) is 0. The smallest absolute Gasteiger partial charge is 0.353 e. The first kappa shape index (κ1) is 13.7. The Morgan fingerprint density at radius 2 is 1.76 bits per heavy atom. The second-order valence-electron chi connectivity index (χ2n) is 3.81. The Balaban J connectivity index is 2.25. The summed E-state index contributed by atoms with van der Waals surface area (Å²) in [5.74, 6) is 0.361. The SMILES string of the molecule is Cc1nnc(NCCCCC(F)(F)F)nc1C. The Morgan fingerprint density at radius 1 is 1.06 bits per heavy atom. The normalized spacial score (nSPS) is 11.6. The molecule has 0 aromatic carbocycles. The van der Waals surface area contributed by atoms with Gasteiger partial charge in [-0.05, 0) is 26.7 Å². The molecule has 17 heavy (non-hydrogen) atoms. The van der Waals surface area contributed by atoms with Crippen LogP contribution in [0.2, 0.25) is 0 Å². The van der Waals surface area contributed by atoms with Crippen LogP contribution in [0.4, 0.5) is 19.1 Å². The maximum atomic E-state index is 11.8. The third-order valence-electron chi connectivity index (χ3n) is 2.26. The van der Waals surface area contributed by atoms with Crippen molar-refractivity contribution in [3.63, 3.8) is 0 Å². The second kappa shape index (κ2) is 5.79. The second-order valence-corrected chi connectivity index (χ2v) is 3.81. The van der Waals surface area contributed by atoms with Gasteiger partial charge in [-0.15, -0.1) is 5.10 Å². The number of aryl methyl sites for hydroxylation is 2. The minimum Gasteiger partial charge on any atom is -0.353 e. The topological polar surface area (TPSA) is 50.7 Å². The minimum absolute atomic E-state index is 0.106. The van der Waals surface area contributed by atoms with Gasteiger partial charge >= 0.3 is 6.18 Å². The molecule has 0 saturated heterocycles. The first-order valence-corrected chi connectivity index (χ1v) is 5.37. The van der Waals surface area contributed by atoms with Gasteiger partial charge in [0.1, 0.15) is 0 Å². The number of nitrogens with one attached hydrogen (secondary N) is 1. The van der Waals surface area contributed by atoms with E-state index in [4.69, 9.17) is 0 Å². The maximum Gasteiger partial charge on any atom is 0.389 e. The molecule has 0 atom stereocenters. The van der Waals surface area contributed by atoms with E-state index in [9.17, 15) is 13.2 Å². The Morgan fingerprint density at radius 3 is 2.35 bits per heavy atom. The highest BCUT2D eigenvalue weighted by Gasteiger charge is 2.25. The van der Waals surface area contributed by atoms with Crippen LogP contribution in [0, 0.1) is 13.8 Å². The molecule has 1 aromatic rings. The lowest BCUT2D eigenvalue weighted by atomic mass is 10.2. The molecule has 96 valence electrons. The van der Waals surface area contributed by atoms with Crippen molar-refractivity contribution < 1.29 is 13.2 Å². The van der Waals surface area contributed by atoms with E-state index < -0.39 is 12.6 Å². The highest BCUT2D eigenvalue weighted by Crippen LogP contribution is 2.21. The number of nitrogens with zero attached hydrogens (tertiary/aromatic N) is 3. The van der Waals surface area contributed by atoms with Crippen LogP contribution >= 0.6 is 0 Å². The number of aromatic nitrogens is 3. The van der Waals surface area contributed by atoms with Gasteiger partial charge in [0.25, 0.3) is 0 Å². The number of hydrogen-bond acceptors (Lipinski definition) is 4. The minimum atomic E-state index is -4.07. The summed E-state index contributed by atoms with van der Waals surface area (Å²) in [6.07, 6.45) is -4.29. The van der Waals surface area contributed by atoms with Crippen molar-refractivity contribution in [3.8, 4) is 0 Å². The molecule has 7 heteroatoms. The van der Waals surface area contributed by atoms with E-state index in [1.54, 1.807) is 13.8 Å². The van der Waals surface area contributed by atoms with Crippen molar-refractivity contribution in [2.75, 3.05) is 11.9 Å². The van der Waals surface area contributed by atoms with Crippen molar-refractivity contribution >= 4 is 5.95 Å². The first-order valence-electron chi connectivity index (χ1n) is 5.37. The van der Waals surface area contributed by atoms with Gasteiger partial charge < -0.3 is 5.32 Å². The van der Waals surface area contributed by atoms with Crippen LogP contribution in [0.3, 0.4) is 0 Å². The van der Waals surface area contributed by atoms with Crippen LogP contribution in [0.1, 0.15) is 30.7 Å². The van der Waals surface area contributed by atoms with Gasteiger partial charge in [-0.3, -0.25) is 0 Å². The zero-order chi connectivity index (χ0) is 12.9. The van der Waals surface area contributed by atoms with Crippen LogP contribution in [0.15, 0.2) is 0 Å². The molecule has 0 unspecified atom stereocenters. The summed E-state index contributed by atoms with van der Waals surface area (Å²) in [4.78, 5) is 4.11. The number of alkyl halides is 3. The summed E-state index contributed by atoms with van der Waals surface area (Å²) >= 11 is 0. The zero-order valence-electron chi connectivity index (χ0n) is 9.80. The predicted molar refractivity (Wildman–Crippen MR) is 57.7 cm³/mol. The van der Waals surface area contributed by atoms with Gasteiger partial charge in [0, 0.05) is 13.0 Å². The molecular weight excluding hydrogens is 233 g/mol. The molecule has 0 bridgehead atoms. The molecule has 4 nitrogen and oxygen atoms in total. The van der Waals surface area contributed by atoms with Crippen molar-refractivity contribution in [1.82, 2.24) is 15.2 Å². The predicted octanol–water partition coefficient (Wildman–Crippen LogP) is 2.63. The maximum absolute atomic E-state index is 11.8. The number of unbranched alkanes of at least 4 members (excludes halogenated alkanes) is 1. The number of hydrogen-bond donors (Lipinski definition) is 1. The fourth-order valence-electron chi connectivity index (χ4n) is 1.18. The largest absolute Gasteiger partial charge is 0.389 e. The van der Waals surface area contributed by atoms with E-state index in [0.29, 0.717) is 18.9 Å². The molecule has 0 aliphatic carbocycles. The van der Waals surface area contributed by atoms with Crippen LogP contribution in [0.5, 0.6) is 0 Å².